The third kappa shape index (κ3) is 4.10. The van der Waals surface area contributed by atoms with Gasteiger partial charge in [-0.1, -0.05) is 13.3 Å². The molecule has 0 radical (unpaired) electrons. The zero-order valence-electron chi connectivity index (χ0n) is 15.2. The summed E-state index contributed by atoms with van der Waals surface area (Å²) in [4.78, 5) is 35.4. The number of nitro benzene ring substituents is 1. The molecule has 3 N–H and O–H groups in total. The highest BCUT2D eigenvalue weighted by Crippen LogP contribution is 2.40. The molecule has 0 saturated carbocycles. The molecule has 2 rings (SSSR count). The number of rotatable bonds is 7. The number of ether oxygens (including phenoxy) is 2. The fourth-order valence-electron chi connectivity index (χ4n) is 2.88. The van der Waals surface area contributed by atoms with Crippen LogP contribution in [0.5, 0.6) is 11.5 Å². The molecule has 1 aliphatic rings. The summed E-state index contributed by atoms with van der Waals surface area (Å²) in [5.41, 5.74) is -0.0732. The van der Waals surface area contributed by atoms with E-state index in [1.165, 1.54) is 14.2 Å². The molecule has 146 valence electrons. The van der Waals surface area contributed by atoms with E-state index in [4.69, 9.17) is 9.47 Å². The molecule has 1 atom stereocenters. The topological polar surface area (TPSA) is 140 Å². The van der Waals surface area contributed by atoms with Crippen molar-refractivity contribution in [2.75, 3.05) is 14.2 Å². The van der Waals surface area contributed by atoms with Gasteiger partial charge in [0.05, 0.1) is 42.4 Å². The number of hydrogen-bond donors (Lipinski definition) is 3. The minimum atomic E-state index is -1.16. The summed E-state index contributed by atoms with van der Waals surface area (Å²) in [6.07, 6.45) is 1.90. The third-order valence-corrected chi connectivity index (χ3v) is 4.18. The monoisotopic (exact) mass is 379 g/mol. The number of amides is 2. The van der Waals surface area contributed by atoms with Gasteiger partial charge in [-0.2, -0.15) is 0 Å². The van der Waals surface area contributed by atoms with E-state index in [9.17, 15) is 24.8 Å². The van der Waals surface area contributed by atoms with Crippen LogP contribution in [0.2, 0.25) is 0 Å². The number of esters is 1. The van der Waals surface area contributed by atoms with Gasteiger partial charge >= 0.3 is 12.0 Å². The number of nitrogens with one attached hydrogen (secondary N) is 2. The maximum Gasteiger partial charge on any atom is 0.337 e. The number of methoxy groups -OCH3 is 2. The van der Waals surface area contributed by atoms with Crippen molar-refractivity contribution >= 4 is 17.7 Å². The normalized spacial score (nSPS) is 16.4. The van der Waals surface area contributed by atoms with Gasteiger partial charge in [-0.3, -0.25) is 10.1 Å². The van der Waals surface area contributed by atoms with Crippen LogP contribution in [0.15, 0.2) is 23.4 Å². The maximum atomic E-state index is 12.4. The van der Waals surface area contributed by atoms with Gasteiger partial charge in [0.1, 0.15) is 0 Å². The minimum Gasteiger partial charge on any atom is -0.504 e. The molecular weight excluding hydrogens is 358 g/mol. The van der Waals surface area contributed by atoms with Crippen molar-refractivity contribution in [1.29, 1.82) is 0 Å². The van der Waals surface area contributed by atoms with Crippen LogP contribution in [-0.2, 0) is 9.53 Å². The first-order valence-corrected chi connectivity index (χ1v) is 8.28. The second kappa shape index (κ2) is 8.39. The van der Waals surface area contributed by atoms with Gasteiger partial charge in [-0.15, -0.1) is 0 Å². The fourth-order valence-corrected chi connectivity index (χ4v) is 2.88. The number of nitrogens with zero attached hydrogens (tertiary/aromatic N) is 1. The predicted molar refractivity (Wildman–Crippen MR) is 94.3 cm³/mol. The number of carbonyl (C=O) groups excluding carboxylic acids is 2. The number of benzene rings is 1. The number of unbranched alkanes of at least 4 members (excludes halogenated alkanes) is 1. The molecule has 0 bridgehead atoms. The highest BCUT2D eigenvalue weighted by Gasteiger charge is 2.37. The molecule has 0 aromatic heterocycles. The van der Waals surface area contributed by atoms with Crippen LogP contribution >= 0.6 is 0 Å². The molecule has 10 heteroatoms. The lowest BCUT2D eigenvalue weighted by molar-refractivity contribution is -0.385. The van der Waals surface area contributed by atoms with E-state index in [1.807, 2.05) is 6.92 Å². The highest BCUT2D eigenvalue weighted by molar-refractivity contribution is 5.95. The summed E-state index contributed by atoms with van der Waals surface area (Å²) in [6, 6.07) is 0.381. The first-order valence-electron chi connectivity index (χ1n) is 8.28. The van der Waals surface area contributed by atoms with Gasteiger partial charge in [-0.25, -0.2) is 9.59 Å². The van der Waals surface area contributed by atoms with E-state index in [0.29, 0.717) is 18.5 Å². The molecule has 0 spiro atoms. The summed E-state index contributed by atoms with van der Waals surface area (Å²) < 4.78 is 9.73. The van der Waals surface area contributed by atoms with E-state index >= 15 is 0 Å². The van der Waals surface area contributed by atoms with E-state index in [-0.39, 0.29) is 22.6 Å². The number of carbonyl (C=O) groups is 2. The SMILES string of the molecule is CCCCC1=C(C(=O)OC)C(c2cc(O)c(OC)cc2[N+](=O)[O-])NC(=O)N1. The Hall–Kier alpha value is -3.30. The molecule has 1 heterocycles. The Morgan fingerprint density at radius 2 is 2.07 bits per heavy atom. The highest BCUT2D eigenvalue weighted by atomic mass is 16.6. The van der Waals surface area contributed by atoms with E-state index < -0.39 is 28.7 Å². The van der Waals surface area contributed by atoms with Crippen LogP contribution in [0.4, 0.5) is 10.5 Å². The van der Waals surface area contributed by atoms with Crippen LogP contribution in [0.3, 0.4) is 0 Å². The quantitative estimate of drug-likeness (QED) is 0.375. The number of phenolic OH excluding ortho intramolecular Hbond substituents is 1. The summed E-state index contributed by atoms with van der Waals surface area (Å²) >= 11 is 0. The van der Waals surface area contributed by atoms with E-state index in [1.54, 1.807) is 0 Å². The molecule has 1 aliphatic heterocycles. The predicted octanol–water partition coefficient (Wildman–Crippen LogP) is 2.28. The largest absolute Gasteiger partial charge is 0.504 e. The van der Waals surface area contributed by atoms with Crippen LogP contribution in [0.25, 0.3) is 0 Å². The Kier molecular flexibility index (Phi) is 6.22. The lowest BCUT2D eigenvalue weighted by Crippen LogP contribution is -2.46. The third-order valence-electron chi connectivity index (χ3n) is 4.18. The second-order valence-corrected chi connectivity index (χ2v) is 5.86. The molecule has 1 unspecified atom stereocenters. The molecule has 1 aromatic carbocycles. The maximum absolute atomic E-state index is 12.4. The molecule has 0 fully saturated rings. The summed E-state index contributed by atoms with van der Waals surface area (Å²) in [7, 11) is 2.44. The number of aromatic hydroxyl groups is 1. The Bertz CT molecular complexity index is 804. The Balaban J connectivity index is 2.69. The Labute approximate surface area is 155 Å². The second-order valence-electron chi connectivity index (χ2n) is 5.86. The van der Waals surface area contributed by atoms with Gasteiger partial charge in [0.2, 0.25) is 0 Å². The lowest BCUT2D eigenvalue weighted by atomic mass is 9.92. The lowest BCUT2D eigenvalue weighted by Gasteiger charge is -2.29. The number of nitro groups is 1. The van der Waals surface area contributed by atoms with Crippen LogP contribution in [0.1, 0.15) is 37.8 Å². The molecule has 10 nitrogen and oxygen atoms in total. The number of urea groups is 1. The zero-order valence-corrected chi connectivity index (χ0v) is 15.2. The van der Waals surface area contributed by atoms with Crippen molar-refractivity contribution in [3.8, 4) is 11.5 Å². The number of hydrogen-bond acceptors (Lipinski definition) is 7. The standard InChI is InChI=1S/C17H21N3O7/c1-4-5-6-10-14(16(22)27-3)15(19-17(23)18-10)9-7-12(21)13(26-2)8-11(9)20(24)25/h7-8,15,21H,4-6H2,1-3H3,(H2,18,19,23). The van der Waals surface area contributed by atoms with Crippen LogP contribution in [0, 0.1) is 10.1 Å². The Morgan fingerprint density at radius 1 is 1.37 bits per heavy atom. The summed E-state index contributed by atoms with van der Waals surface area (Å²) in [5, 5.41) is 26.7. The van der Waals surface area contributed by atoms with Gasteiger partial charge in [-0.05, 0) is 18.9 Å². The fraction of sp³-hybridized carbons (Fsp3) is 0.412. The molecule has 0 aliphatic carbocycles. The first kappa shape index (κ1) is 20.0. The van der Waals surface area contributed by atoms with Crippen molar-refractivity contribution < 1.29 is 29.1 Å². The smallest absolute Gasteiger partial charge is 0.337 e. The van der Waals surface area contributed by atoms with Gasteiger partial charge in [0.15, 0.2) is 11.5 Å². The molecule has 2 amide bonds. The van der Waals surface area contributed by atoms with Crippen molar-refractivity contribution in [1.82, 2.24) is 10.6 Å². The number of allylic oxidation sites excluding steroid dienone is 1. The van der Waals surface area contributed by atoms with Crippen molar-refractivity contribution in [3.05, 3.63) is 39.1 Å². The minimum absolute atomic E-state index is 0.0532. The average molecular weight is 379 g/mol. The molecule has 0 saturated heterocycles. The van der Waals surface area contributed by atoms with Crippen LogP contribution in [-0.4, -0.2) is 36.2 Å². The van der Waals surface area contributed by atoms with Gasteiger partial charge in [0, 0.05) is 5.70 Å². The average Bonchev–Trinajstić information content (AvgIpc) is 2.64. The summed E-state index contributed by atoms with van der Waals surface area (Å²) in [5.74, 6) is -1.19. The Morgan fingerprint density at radius 3 is 2.63 bits per heavy atom. The van der Waals surface area contributed by atoms with E-state index in [0.717, 1.165) is 18.6 Å². The van der Waals surface area contributed by atoms with Crippen molar-refractivity contribution in [2.24, 2.45) is 0 Å². The molecule has 1 aromatic rings. The summed E-state index contributed by atoms with van der Waals surface area (Å²) in [6.45, 7) is 1.95. The molecular formula is C17H21N3O7. The zero-order chi connectivity index (χ0) is 20.1. The van der Waals surface area contributed by atoms with E-state index in [2.05, 4.69) is 10.6 Å². The molecule has 27 heavy (non-hydrogen) atoms. The first-order chi connectivity index (χ1) is 12.8. The van der Waals surface area contributed by atoms with Crippen molar-refractivity contribution in [2.45, 2.75) is 32.2 Å². The number of phenols is 1. The van der Waals surface area contributed by atoms with Crippen LogP contribution < -0.4 is 15.4 Å². The van der Waals surface area contributed by atoms with Gasteiger partial charge < -0.3 is 25.2 Å². The van der Waals surface area contributed by atoms with Crippen molar-refractivity contribution in [3.63, 3.8) is 0 Å². The van der Waals surface area contributed by atoms with Gasteiger partial charge in [0.25, 0.3) is 5.69 Å².